The predicted molar refractivity (Wildman–Crippen MR) is 88.4 cm³/mol. The fourth-order valence-corrected chi connectivity index (χ4v) is 2.39. The van der Waals surface area contributed by atoms with E-state index in [4.69, 9.17) is 9.47 Å². The SMILES string of the molecule is CCCCOCC(CCCC)(CCCC)OCCCC. The fourth-order valence-electron chi connectivity index (χ4n) is 2.39. The van der Waals surface area contributed by atoms with E-state index in [-0.39, 0.29) is 5.60 Å². The number of ether oxygens (including phenoxy) is 2. The summed E-state index contributed by atoms with van der Waals surface area (Å²) < 4.78 is 12.3. The standard InChI is InChI=1S/C18H38O2/c1-5-9-13-18(14-10-6-2,20-16-12-8-4)17-19-15-11-7-3/h5-17H2,1-4H3. The first-order chi connectivity index (χ1) is 9.74. The van der Waals surface area contributed by atoms with E-state index in [1.54, 1.807) is 0 Å². The van der Waals surface area contributed by atoms with Crippen molar-refractivity contribution in [3.05, 3.63) is 0 Å². The molecule has 0 aliphatic carbocycles. The molecule has 20 heavy (non-hydrogen) atoms. The molecule has 0 aromatic carbocycles. The largest absolute Gasteiger partial charge is 0.378 e. The lowest BCUT2D eigenvalue weighted by Gasteiger charge is -2.34. The van der Waals surface area contributed by atoms with E-state index < -0.39 is 0 Å². The first-order valence-corrected chi connectivity index (χ1v) is 8.96. The molecule has 0 heterocycles. The van der Waals surface area contributed by atoms with Crippen LogP contribution in [-0.4, -0.2) is 25.4 Å². The quantitative estimate of drug-likeness (QED) is 0.357. The topological polar surface area (TPSA) is 18.5 Å². The van der Waals surface area contributed by atoms with Gasteiger partial charge in [-0.1, -0.05) is 66.2 Å². The first-order valence-electron chi connectivity index (χ1n) is 8.96. The lowest BCUT2D eigenvalue weighted by molar-refractivity contribution is -0.110. The zero-order valence-electron chi connectivity index (χ0n) is 14.5. The van der Waals surface area contributed by atoms with Crippen LogP contribution in [0.3, 0.4) is 0 Å². The van der Waals surface area contributed by atoms with Gasteiger partial charge in [-0.3, -0.25) is 0 Å². The van der Waals surface area contributed by atoms with Gasteiger partial charge in [0.25, 0.3) is 0 Å². The van der Waals surface area contributed by atoms with Crippen LogP contribution >= 0.6 is 0 Å². The Morgan fingerprint density at radius 1 is 0.650 bits per heavy atom. The van der Waals surface area contributed by atoms with Crippen molar-refractivity contribution in [1.82, 2.24) is 0 Å². The molecular weight excluding hydrogens is 248 g/mol. The minimum atomic E-state index is -0.0189. The third-order valence-corrected chi connectivity index (χ3v) is 3.89. The van der Waals surface area contributed by atoms with E-state index >= 15 is 0 Å². The van der Waals surface area contributed by atoms with Crippen molar-refractivity contribution in [1.29, 1.82) is 0 Å². The van der Waals surface area contributed by atoms with Gasteiger partial charge in [-0.25, -0.2) is 0 Å². The zero-order valence-corrected chi connectivity index (χ0v) is 14.5. The maximum Gasteiger partial charge on any atom is 0.0914 e. The highest BCUT2D eigenvalue weighted by Gasteiger charge is 2.30. The molecule has 0 aromatic rings. The van der Waals surface area contributed by atoms with Crippen molar-refractivity contribution in [2.75, 3.05) is 19.8 Å². The number of hydrogen-bond donors (Lipinski definition) is 0. The smallest absolute Gasteiger partial charge is 0.0914 e. The van der Waals surface area contributed by atoms with Crippen LogP contribution in [0, 0.1) is 0 Å². The molecule has 2 nitrogen and oxygen atoms in total. The Labute approximate surface area is 127 Å². The second-order valence-corrected chi connectivity index (χ2v) is 6.00. The fraction of sp³-hybridized carbons (Fsp3) is 1.00. The Kier molecular flexibility index (Phi) is 13.8. The average molecular weight is 286 g/mol. The molecule has 2 heteroatoms. The van der Waals surface area contributed by atoms with Gasteiger partial charge in [0.2, 0.25) is 0 Å². The van der Waals surface area contributed by atoms with Crippen LogP contribution in [0.5, 0.6) is 0 Å². The molecule has 0 unspecified atom stereocenters. The molecular formula is C18H38O2. The van der Waals surface area contributed by atoms with Crippen LogP contribution < -0.4 is 0 Å². The van der Waals surface area contributed by atoms with E-state index in [1.165, 1.54) is 38.5 Å². The van der Waals surface area contributed by atoms with Crippen molar-refractivity contribution in [3.63, 3.8) is 0 Å². The molecule has 0 radical (unpaired) electrons. The van der Waals surface area contributed by atoms with Gasteiger partial charge < -0.3 is 9.47 Å². The summed E-state index contributed by atoms with van der Waals surface area (Å²) in [6.45, 7) is 11.5. The highest BCUT2D eigenvalue weighted by molar-refractivity contribution is 4.81. The second-order valence-electron chi connectivity index (χ2n) is 6.00. The van der Waals surface area contributed by atoms with Gasteiger partial charge in [0, 0.05) is 13.2 Å². The van der Waals surface area contributed by atoms with Gasteiger partial charge in [0.05, 0.1) is 12.2 Å². The molecule has 0 atom stereocenters. The maximum atomic E-state index is 6.33. The third-order valence-electron chi connectivity index (χ3n) is 3.89. The number of rotatable bonds is 15. The number of hydrogen-bond acceptors (Lipinski definition) is 2. The normalized spacial score (nSPS) is 12.0. The molecule has 0 fully saturated rings. The highest BCUT2D eigenvalue weighted by Crippen LogP contribution is 2.27. The zero-order chi connectivity index (χ0) is 15.1. The summed E-state index contributed by atoms with van der Waals surface area (Å²) in [7, 11) is 0. The summed E-state index contributed by atoms with van der Waals surface area (Å²) in [5, 5.41) is 0. The Bertz CT molecular complexity index is 184. The Balaban J connectivity index is 4.43. The molecule has 0 bridgehead atoms. The molecule has 0 aliphatic rings. The summed E-state index contributed by atoms with van der Waals surface area (Å²) in [4.78, 5) is 0. The van der Waals surface area contributed by atoms with Crippen LogP contribution in [0.15, 0.2) is 0 Å². The van der Waals surface area contributed by atoms with Crippen LogP contribution in [-0.2, 0) is 9.47 Å². The highest BCUT2D eigenvalue weighted by atomic mass is 16.5. The molecule has 0 aliphatic heterocycles. The van der Waals surface area contributed by atoms with Crippen molar-refractivity contribution in [3.8, 4) is 0 Å². The summed E-state index contributed by atoms with van der Waals surface area (Å²) in [6, 6.07) is 0. The van der Waals surface area contributed by atoms with Gasteiger partial charge in [-0.15, -0.1) is 0 Å². The monoisotopic (exact) mass is 286 g/mol. The lowest BCUT2D eigenvalue weighted by atomic mass is 9.91. The average Bonchev–Trinajstić information content (AvgIpc) is 2.47. The van der Waals surface area contributed by atoms with Crippen LogP contribution in [0.1, 0.15) is 91.9 Å². The molecule has 0 saturated heterocycles. The van der Waals surface area contributed by atoms with Crippen LogP contribution in [0.2, 0.25) is 0 Å². The lowest BCUT2D eigenvalue weighted by Crippen LogP contribution is -2.38. The van der Waals surface area contributed by atoms with Gasteiger partial charge in [0.1, 0.15) is 0 Å². The van der Waals surface area contributed by atoms with Gasteiger partial charge in [-0.2, -0.15) is 0 Å². The predicted octanol–water partition coefficient (Wildman–Crippen LogP) is 5.74. The Morgan fingerprint density at radius 2 is 1.15 bits per heavy atom. The minimum Gasteiger partial charge on any atom is -0.378 e. The summed E-state index contributed by atoms with van der Waals surface area (Å²) in [5.74, 6) is 0. The molecule has 0 aromatic heterocycles. The van der Waals surface area contributed by atoms with E-state index in [9.17, 15) is 0 Å². The van der Waals surface area contributed by atoms with E-state index in [0.29, 0.717) is 0 Å². The molecule has 122 valence electrons. The van der Waals surface area contributed by atoms with Crippen molar-refractivity contribution < 1.29 is 9.47 Å². The summed E-state index contributed by atoms with van der Waals surface area (Å²) in [5.41, 5.74) is -0.0189. The Hall–Kier alpha value is -0.0800. The first kappa shape index (κ1) is 19.9. The van der Waals surface area contributed by atoms with E-state index in [0.717, 1.165) is 45.5 Å². The molecule has 0 rings (SSSR count). The van der Waals surface area contributed by atoms with Gasteiger partial charge in [0.15, 0.2) is 0 Å². The van der Waals surface area contributed by atoms with E-state index in [2.05, 4.69) is 27.7 Å². The molecule has 0 saturated carbocycles. The number of unbranched alkanes of at least 4 members (excludes halogenated alkanes) is 4. The molecule has 0 amide bonds. The maximum absolute atomic E-state index is 6.33. The van der Waals surface area contributed by atoms with Crippen molar-refractivity contribution in [2.45, 2.75) is 97.5 Å². The van der Waals surface area contributed by atoms with Gasteiger partial charge >= 0.3 is 0 Å². The minimum absolute atomic E-state index is 0.0189. The molecule has 0 N–H and O–H groups in total. The third kappa shape index (κ3) is 9.77. The van der Waals surface area contributed by atoms with Crippen molar-refractivity contribution >= 4 is 0 Å². The van der Waals surface area contributed by atoms with E-state index in [1.807, 2.05) is 0 Å². The summed E-state index contributed by atoms with van der Waals surface area (Å²) in [6.07, 6.45) is 12.0. The Morgan fingerprint density at radius 3 is 1.65 bits per heavy atom. The van der Waals surface area contributed by atoms with Crippen LogP contribution in [0.4, 0.5) is 0 Å². The molecule has 0 spiro atoms. The summed E-state index contributed by atoms with van der Waals surface area (Å²) >= 11 is 0. The second kappa shape index (κ2) is 13.9. The van der Waals surface area contributed by atoms with Crippen molar-refractivity contribution in [2.24, 2.45) is 0 Å². The van der Waals surface area contributed by atoms with Crippen LogP contribution in [0.25, 0.3) is 0 Å². The van der Waals surface area contributed by atoms with Gasteiger partial charge in [-0.05, 0) is 25.7 Å².